The van der Waals surface area contributed by atoms with Crippen molar-refractivity contribution in [1.29, 1.82) is 0 Å². The highest BCUT2D eigenvalue weighted by Crippen LogP contribution is 2.32. The van der Waals surface area contributed by atoms with E-state index < -0.39 is 5.97 Å². The van der Waals surface area contributed by atoms with Crippen LogP contribution in [0.2, 0.25) is 0 Å². The molecule has 0 fully saturated rings. The standard InChI is InChI=1S/C19H16N4O2/c1-25-18(24)17-21-19-20-15(13-8-4-2-5-9-13)12-16(23(19)22-17)14-10-6-3-7-11-14/h2-12,16H,1H3,(H,20,21,22)/t16-/m1/s1. The molecule has 6 heteroatoms. The maximum atomic E-state index is 11.8. The lowest BCUT2D eigenvalue weighted by Crippen LogP contribution is -2.20. The lowest BCUT2D eigenvalue weighted by Gasteiger charge is -2.24. The largest absolute Gasteiger partial charge is 0.463 e. The second kappa shape index (κ2) is 6.24. The van der Waals surface area contributed by atoms with Gasteiger partial charge in [0.1, 0.15) is 6.04 Å². The highest BCUT2D eigenvalue weighted by molar-refractivity contribution is 5.86. The molecule has 4 rings (SSSR count). The van der Waals surface area contributed by atoms with E-state index in [-0.39, 0.29) is 11.9 Å². The van der Waals surface area contributed by atoms with Gasteiger partial charge in [-0.2, -0.15) is 4.98 Å². The summed E-state index contributed by atoms with van der Waals surface area (Å²) >= 11 is 0. The van der Waals surface area contributed by atoms with Gasteiger partial charge in [-0.1, -0.05) is 60.7 Å². The lowest BCUT2D eigenvalue weighted by atomic mass is 10.0. The van der Waals surface area contributed by atoms with Crippen LogP contribution in [0.5, 0.6) is 0 Å². The first-order valence-corrected chi connectivity index (χ1v) is 7.90. The Morgan fingerprint density at radius 1 is 1.08 bits per heavy atom. The van der Waals surface area contributed by atoms with E-state index in [1.807, 2.05) is 60.7 Å². The summed E-state index contributed by atoms with van der Waals surface area (Å²) in [5.74, 6) is -0.0129. The van der Waals surface area contributed by atoms with Crippen LogP contribution in [-0.2, 0) is 4.74 Å². The molecule has 25 heavy (non-hydrogen) atoms. The van der Waals surface area contributed by atoms with Gasteiger partial charge in [0.2, 0.25) is 5.95 Å². The molecule has 2 heterocycles. The number of anilines is 1. The van der Waals surface area contributed by atoms with E-state index in [0.29, 0.717) is 5.95 Å². The molecular formula is C19H16N4O2. The van der Waals surface area contributed by atoms with Crippen molar-refractivity contribution in [3.05, 3.63) is 83.7 Å². The van der Waals surface area contributed by atoms with Crippen LogP contribution in [0.4, 0.5) is 5.95 Å². The van der Waals surface area contributed by atoms with Gasteiger partial charge in [-0.3, -0.25) is 0 Å². The van der Waals surface area contributed by atoms with Crippen molar-refractivity contribution in [1.82, 2.24) is 14.8 Å². The molecule has 1 aliphatic heterocycles. The minimum absolute atomic E-state index is 0.0358. The van der Waals surface area contributed by atoms with Gasteiger partial charge in [0.15, 0.2) is 0 Å². The molecule has 1 aliphatic rings. The zero-order valence-electron chi connectivity index (χ0n) is 13.6. The van der Waals surface area contributed by atoms with Crippen molar-refractivity contribution < 1.29 is 9.53 Å². The first-order valence-electron chi connectivity index (χ1n) is 7.90. The number of fused-ring (bicyclic) bond motifs is 1. The number of nitrogens with zero attached hydrogens (tertiary/aromatic N) is 3. The number of hydrogen-bond donors (Lipinski definition) is 1. The second-order valence-corrected chi connectivity index (χ2v) is 5.62. The Hall–Kier alpha value is -3.41. The number of esters is 1. The summed E-state index contributed by atoms with van der Waals surface area (Å²) < 4.78 is 6.45. The lowest BCUT2D eigenvalue weighted by molar-refractivity contribution is 0.0586. The van der Waals surface area contributed by atoms with Crippen LogP contribution < -0.4 is 5.32 Å². The number of nitrogens with one attached hydrogen (secondary N) is 1. The summed E-state index contributed by atoms with van der Waals surface area (Å²) in [5, 5.41) is 7.59. The Kier molecular flexibility index (Phi) is 3.78. The molecular weight excluding hydrogens is 316 g/mol. The summed E-state index contributed by atoms with van der Waals surface area (Å²) in [5.41, 5.74) is 3.02. The average molecular weight is 332 g/mol. The maximum absolute atomic E-state index is 11.8. The normalized spacial score (nSPS) is 15.7. The van der Waals surface area contributed by atoms with Crippen LogP contribution in [0.15, 0.2) is 66.7 Å². The third kappa shape index (κ3) is 2.78. The van der Waals surface area contributed by atoms with Gasteiger partial charge in [-0.25, -0.2) is 9.48 Å². The van der Waals surface area contributed by atoms with Crippen molar-refractivity contribution in [3.8, 4) is 0 Å². The van der Waals surface area contributed by atoms with Gasteiger partial charge in [-0.05, 0) is 17.2 Å². The second-order valence-electron chi connectivity index (χ2n) is 5.62. The Bertz CT molecular complexity index is 933. The predicted octanol–water partition coefficient (Wildman–Crippen LogP) is 3.12. The minimum Gasteiger partial charge on any atom is -0.463 e. The number of carbonyl (C=O) groups excluding carboxylic acids is 1. The van der Waals surface area contributed by atoms with Gasteiger partial charge in [0, 0.05) is 5.70 Å². The fourth-order valence-electron chi connectivity index (χ4n) is 2.84. The van der Waals surface area contributed by atoms with Crippen molar-refractivity contribution in [2.45, 2.75) is 6.04 Å². The molecule has 6 nitrogen and oxygen atoms in total. The molecule has 0 amide bonds. The first-order chi connectivity index (χ1) is 12.3. The third-order valence-corrected chi connectivity index (χ3v) is 4.06. The van der Waals surface area contributed by atoms with E-state index in [0.717, 1.165) is 16.8 Å². The predicted molar refractivity (Wildman–Crippen MR) is 94.0 cm³/mol. The quantitative estimate of drug-likeness (QED) is 0.746. The summed E-state index contributed by atoms with van der Waals surface area (Å²) in [7, 11) is 1.32. The van der Waals surface area contributed by atoms with Crippen molar-refractivity contribution in [2.24, 2.45) is 0 Å². The molecule has 124 valence electrons. The molecule has 0 spiro atoms. The number of carbonyl (C=O) groups is 1. The number of allylic oxidation sites excluding steroid dienone is 1. The van der Waals surface area contributed by atoms with E-state index in [1.165, 1.54) is 7.11 Å². The van der Waals surface area contributed by atoms with E-state index in [9.17, 15) is 4.79 Å². The molecule has 0 unspecified atom stereocenters. The molecule has 0 radical (unpaired) electrons. The first kappa shape index (κ1) is 15.1. The monoisotopic (exact) mass is 332 g/mol. The minimum atomic E-state index is -0.559. The van der Waals surface area contributed by atoms with Gasteiger partial charge >= 0.3 is 5.97 Å². The fraction of sp³-hybridized carbons (Fsp3) is 0.105. The van der Waals surface area contributed by atoms with Gasteiger partial charge in [-0.15, -0.1) is 5.10 Å². The zero-order valence-corrected chi connectivity index (χ0v) is 13.6. The summed E-state index contributed by atoms with van der Waals surface area (Å²) in [6, 6.07) is 19.8. The maximum Gasteiger partial charge on any atom is 0.378 e. The van der Waals surface area contributed by atoms with Crippen molar-refractivity contribution in [3.63, 3.8) is 0 Å². The van der Waals surface area contributed by atoms with Crippen LogP contribution in [-0.4, -0.2) is 27.8 Å². The molecule has 0 saturated heterocycles. The van der Waals surface area contributed by atoms with Crippen molar-refractivity contribution in [2.75, 3.05) is 12.4 Å². The number of benzene rings is 2. The summed E-state index contributed by atoms with van der Waals surface area (Å²) in [6.07, 6.45) is 2.08. The highest BCUT2D eigenvalue weighted by Gasteiger charge is 2.27. The number of rotatable bonds is 3. The molecule has 3 aromatic rings. The summed E-state index contributed by atoms with van der Waals surface area (Å²) in [6.45, 7) is 0. The smallest absolute Gasteiger partial charge is 0.378 e. The molecule has 1 aromatic heterocycles. The average Bonchev–Trinajstić information content (AvgIpc) is 3.12. The molecule has 1 N–H and O–H groups in total. The third-order valence-electron chi connectivity index (χ3n) is 4.06. The van der Waals surface area contributed by atoms with Crippen molar-refractivity contribution >= 4 is 17.6 Å². The molecule has 0 bridgehead atoms. The molecule has 0 aliphatic carbocycles. The van der Waals surface area contributed by atoms with Crippen LogP contribution in [0.3, 0.4) is 0 Å². The number of hydrogen-bond acceptors (Lipinski definition) is 5. The Morgan fingerprint density at radius 3 is 2.44 bits per heavy atom. The van der Waals surface area contributed by atoms with E-state index in [4.69, 9.17) is 4.74 Å². The fourth-order valence-corrected chi connectivity index (χ4v) is 2.84. The molecule has 0 saturated carbocycles. The van der Waals surface area contributed by atoms with Crippen LogP contribution in [0.25, 0.3) is 5.70 Å². The Labute approximate surface area is 144 Å². The highest BCUT2D eigenvalue weighted by atomic mass is 16.5. The van der Waals surface area contributed by atoms with E-state index in [2.05, 4.69) is 21.5 Å². The SMILES string of the molecule is COC(=O)c1nc2n(n1)[C@@H](c1ccccc1)C=C(c1ccccc1)N2. The van der Waals surface area contributed by atoms with Gasteiger partial charge < -0.3 is 10.1 Å². The molecule has 1 atom stereocenters. The number of ether oxygens (including phenoxy) is 1. The van der Waals surface area contributed by atoms with Gasteiger partial charge in [0.05, 0.1) is 7.11 Å². The number of aromatic nitrogens is 3. The number of methoxy groups -OCH3 is 1. The van der Waals surface area contributed by atoms with E-state index in [1.54, 1.807) is 4.68 Å². The Balaban J connectivity index is 1.83. The zero-order chi connectivity index (χ0) is 17.2. The van der Waals surface area contributed by atoms with E-state index >= 15 is 0 Å². The topological polar surface area (TPSA) is 69.0 Å². The van der Waals surface area contributed by atoms with Crippen LogP contribution in [0, 0.1) is 0 Å². The van der Waals surface area contributed by atoms with Gasteiger partial charge in [0.25, 0.3) is 5.82 Å². The van der Waals surface area contributed by atoms with Crippen LogP contribution in [0.1, 0.15) is 27.8 Å². The van der Waals surface area contributed by atoms with Crippen LogP contribution >= 0.6 is 0 Å². The Morgan fingerprint density at radius 2 is 1.76 bits per heavy atom. The summed E-state index contributed by atoms with van der Waals surface area (Å²) in [4.78, 5) is 16.1. The molecule has 2 aromatic carbocycles.